The Morgan fingerprint density at radius 3 is 2.19 bits per heavy atom. The van der Waals surface area contributed by atoms with Gasteiger partial charge < -0.3 is 0 Å². The summed E-state index contributed by atoms with van der Waals surface area (Å²) < 4.78 is 75.7. The predicted molar refractivity (Wildman–Crippen MR) is 47.1 cm³/mol. The Hall–Kier alpha value is -1.15. The Morgan fingerprint density at radius 1 is 1.12 bits per heavy atom. The second kappa shape index (κ2) is 4.38. The molecule has 3 nitrogen and oxygen atoms in total. The maximum absolute atomic E-state index is 13.1. The third-order valence-corrected chi connectivity index (χ3v) is 3.26. The van der Waals surface area contributed by atoms with Crippen molar-refractivity contribution in [2.24, 2.45) is 0 Å². The van der Waals surface area contributed by atoms with Crippen molar-refractivity contribution in [3.05, 3.63) is 29.3 Å². The van der Waals surface area contributed by atoms with Gasteiger partial charge in [0, 0.05) is 12.6 Å². The molecule has 0 saturated heterocycles. The number of benzene rings is 1. The van der Waals surface area contributed by atoms with Gasteiger partial charge in [0.2, 0.25) is 10.0 Å². The monoisotopic (exact) mass is 257 g/mol. The highest BCUT2D eigenvalue weighted by Gasteiger charge is 2.28. The van der Waals surface area contributed by atoms with Gasteiger partial charge in [-0.1, -0.05) is 6.92 Å². The predicted octanol–water partition coefficient (Wildman–Crippen LogP) is 1.54. The van der Waals surface area contributed by atoms with Crippen LogP contribution in [0.5, 0.6) is 0 Å². The van der Waals surface area contributed by atoms with Crippen molar-refractivity contribution >= 4 is 10.0 Å². The number of hydrogen-bond donors (Lipinski definition) is 1. The topological polar surface area (TPSA) is 46.2 Å². The first kappa shape index (κ1) is 12.9. The zero-order chi connectivity index (χ0) is 12.5. The fourth-order valence-electron chi connectivity index (χ4n) is 1.06. The molecule has 90 valence electrons. The molecule has 0 unspecified atom stereocenters. The van der Waals surface area contributed by atoms with E-state index in [1.807, 2.05) is 0 Å². The molecule has 1 rings (SSSR count). The number of sulfonamides is 1. The average molecular weight is 257 g/mol. The van der Waals surface area contributed by atoms with Crippen LogP contribution in [0.3, 0.4) is 0 Å². The number of hydrogen-bond acceptors (Lipinski definition) is 2. The molecule has 0 aliphatic heterocycles. The van der Waals surface area contributed by atoms with Crippen molar-refractivity contribution in [3.63, 3.8) is 0 Å². The number of rotatable bonds is 3. The van der Waals surface area contributed by atoms with Gasteiger partial charge in [0.1, 0.15) is 5.82 Å². The van der Waals surface area contributed by atoms with Gasteiger partial charge in [0.05, 0.1) is 0 Å². The Bertz CT molecular complexity index is 515. The molecule has 1 aromatic rings. The molecule has 0 fully saturated rings. The van der Waals surface area contributed by atoms with E-state index < -0.39 is 38.2 Å². The summed E-state index contributed by atoms with van der Waals surface area (Å²) in [5, 5.41) is 0. The van der Waals surface area contributed by atoms with Gasteiger partial charge in [0.25, 0.3) is 0 Å². The van der Waals surface area contributed by atoms with E-state index in [2.05, 4.69) is 0 Å². The van der Waals surface area contributed by atoms with Crippen LogP contribution in [0.4, 0.5) is 17.6 Å². The minimum Gasteiger partial charge on any atom is -0.211 e. The van der Waals surface area contributed by atoms with Crippen molar-refractivity contribution < 1.29 is 26.0 Å². The van der Waals surface area contributed by atoms with E-state index in [-0.39, 0.29) is 12.6 Å². The van der Waals surface area contributed by atoms with Crippen LogP contribution in [-0.2, 0) is 10.0 Å². The number of nitrogens with one attached hydrogen (secondary N) is 1. The van der Waals surface area contributed by atoms with Gasteiger partial charge in [-0.2, -0.15) is 0 Å². The summed E-state index contributed by atoms with van der Waals surface area (Å²) in [5.41, 5.74) is 0. The van der Waals surface area contributed by atoms with Crippen LogP contribution in [0.1, 0.15) is 6.92 Å². The fraction of sp³-hybridized carbons (Fsp3) is 0.250. The third kappa shape index (κ3) is 2.17. The maximum atomic E-state index is 13.1. The lowest BCUT2D eigenvalue weighted by atomic mass is 10.3. The molecule has 0 saturated carbocycles. The zero-order valence-corrected chi connectivity index (χ0v) is 8.84. The SMILES string of the molecule is CCNS(=O)(=O)c1c(F)cc(F)c(F)c1F. The lowest BCUT2D eigenvalue weighted by Gasteiger charge is -2.07. The molecule has 0 radical (unpaired) electrons. The summed E-state index contributed by atoms with van der Waals surface area (Å²) >= 11 is 0. The smallest absolute Gasteiger partial charge is 0.211 e. The molecule has 16 heavy (non-hydrogen) atoms. The summed E-state index contributed by atoms with van der Waals surface area (Å²) in [7, 11) is -4.52. The van der Waals surface area contributed by atoms with Gasteiger partial charge in [-0.25, -0.2) is 30.7 Å². The Morgan fingerprint density at radius 2 is 1.69 bits per heavy atom. The normalized spacial score (nSPS) is 11.8. The summed E-state index contributed by atoms with van der Waals surface area (Å²) in [6.45, 7) is 1.23. The van der Waals surface area contributed by atoms with Gasteiger partial charge in [0.15, 0.2) is 22.3 Å². The van der Waals surface area contributed by atoms with E-state index in [0.29, 0.717) is 0 Å². The van der Waals surface area contributed by atoms with E-state index in [4.69, 9.17) is 0 Å². The lowest BCUT2D eigenvalue weighted by Crippen LogP contribution is -2.26. The summed E-state index contributed by atoms with van der Waals surface area (Å²) in [6, 6.07) is -0.0252. The van der Waals surface area contributed by atoms with Crippen LogP contribution < -0.4 is 4.72 Å². The highest BCUT2D eigenvalue weighted by atomic mass is 32.2. The van der Waals surface area contributed by atoms with Crippen LogP contribution in [0, 0.1) is 23.3 Å². The van der Waals surface area contributed by atoms with Gasteiger partial charge in [-0.15, -0.1) is 0 Å². The first-order valence-electron chi connectivity index (χ1n) is 4.14. The molecule has 0 bridgehead atoms. The van der Waals surface area contributed by atoms with Gasteiger partial charge in [-0.05, 0) is 0 Å². The molecule has 0 aliphatic carbocycles. The van der Waals surface area contributed by atoms with E-state index >= 15 is 0 Å². The second-order valence-electron chi connectivity index (χ2n) is 2.80. The fourth-order valence-corrected chi connectivity index (χ4v) is 2.22. The number of halogens is 4. The molecule has 0 aliphatic rings. The standard InChI is InChI=1S/C8H7F4NO2S/c1-2-13-16(14,15)8-5(10)3-4(9)6(11)7(8)12/h3,13H,2H2,1H3. The van der Waals surface area contributed by atoms with Crippen molar-refractivity contribution in [1.29, 1.82) is 0 Å². The third-order valence-electron chi connectivity index (χ3n) is 1.68. The molecule has 0 spiro atoms. The molecule has 0 heterocycles. The van der Waals surface area contributed by atoms with Crippen molar-refractivity contribution in [2.75, 3.05) is 6.54 Å². The van der Waals surface area contributed by atoms with Crippen LogP contribution in [0.25, 0.3) is 0 Å². The molecule has 8 heteroatoms. The molecule has 1 aromatic carbocycles. The summed E-state index contributed by atoms with van der Waals surface area (Å²) in [4.78, 5) is -1.52. The Labute approximate surface area is 89.1 Å². The van der Waals surface area contributed by atoms with Crippen molar-refractivity contribution in [1.82, 2.24) is 4.72 Å². The Balaban J connectivity index is 3.52. The van der Waals surface area contributed by atoms with Gasteiger partial charge >= 0.3 is 0 Å². The molecule has 0 aromatic heterocycles. The van der Waals surface area contributed by atoms with Crippen LogP contribution >= 0.6 is 0 Å². The molecular formula is C8H7F4NO2S. The quantitative estimate of drug-likeness (QED) is 0.507. The zero-order valence-electron chi connectivity index (χ0n) is 8.02. The maximum Gasteiger partial charge on any atom is 0.246 e. The molecule has 0 amide bonds. The van der Waals surface area contributed by atoms with Crippen molar-refractivity contribution in [3.8, 4) is 0 Å². The van der Waals surface area contributed by atoms with E-state index in [1.54, 1.807) is 4.72 Å². The Kier molecular flexibility index (Phi) is 3.54. The van der Waals surface area contributed by atoms with Crippen LogP contribution in [-0.4, -0.2) is 15.0 Å². The molecular weight excluding hydrogens is 250 g/mol. The van der Waals surface area contributed by atoms with Crippen LogP contribution in [0.15, 0.2) is 11.0 Å². The van der Waals surface area contributed by atoms with Crippen molar-refractivity contribution in [2.45, 2.75) is 11.8 Å². The second-order valence-corrected chi connectivity index (χ2v) is 4.50. The van der Waals surface area contributed by atoms with Gasteiger partial charge in [-0.3, -0.25) is 0 Å². The lowest BCUT2D eigenvalue weighted by molar-refractivity contribution is 0.410. The van der Waals surface area contributed by atoms with E-state index in [0.717, 1.165) is 0 Å². The largest absolute Gasteiger partial charge is 0.246 e. The van der Waals surface area contributed by atoms with E-state index in [9.17, 15) is 26.0 Å². The highest BCUT2D eigenvalue weighted by molar-refractivity contribution is 7.89. The molecule has 0 atom stereocenters. The van der Waals surface area contributed by atoms with E-state index in [1.165, 1.54) is 6.92 Å². The average Bonchev–Trinajstić information content (AvgIpc) is 2.13. The highest BCUT2D eigenvalue weighted by Crippen LogP contribution is 2.23. The van der Waals surface area contributed by atoms with Crippen LogP contribution in [0.2, 0.25) is 0 Å². The summed E-state index contributed by atoms with van der Waals surface area (Å²) in [5.74, 6) is -7.57. The minimum atomic E-state index is -4.52. The first-order valence-corrected chi connectivity index (χ1v) is 5.62. The minimum absolute atomic E-state index is 0.0252. The first-order chi connectivity index (χ1) is 7.31. The summed E-state index contributed by atoms with van der Waals surface area (Å²) in [6.07, 6.45) is 0. The molecule has 1 N–H and O–H groups in total.